The minimum Gasteiger partial charge on any atom is -0.358 e. The largest absolute Gasteiger partial charge is 0.358 e. The molecule has 0 unspecified atom stereocenters. The number of hydrogen-bond acceptors (Lipinski definition) is 2. The van der Waals surface area contributed by atoms with Crippen molar-refractivity contribution in [1.82, 2.24) is 9.29 Å². The van der Waals surface area contributed by atoms with Gasteiger partial charge in [0.2, 0.25) is 10.0 Å². The number of aryl methyl sites for hydroxylation is 1. The highest BCUT2D eigenvalue weighted by molar-refractivity contribution is 7.89. The molecule has 0 bridgehead atoms. The number of nitrogens with zero attached hydrogens (tertiary/aromatic N) is 1. The number of nitrogens with one attached hydrogen (secondary N) is 1. The summed E-state index contributed by atoms with van der Waals surface area (Å²) in [4.78, 5) is 3.65. The third-order valence-electron chi connectivity index (χ3n) is 4.67. The van der Waals surface area contributed by atoms with E-state index in [1.54, 1.807) is 25.1 Å². The Bertz CT molecular complexity index is 1090. The summed E-state index contributed by atoms with van der Waals surface area (Å²) in [5.41, 5.74) is 3.81. The molecule has 0 saturated heterocycles. The molecule has 1 aromatic heterocycles. The first-order valence-electron chi connectivity index (χ1n) is 7.91. The van der Waals surface area contributed by atoms with Gasteiger partial charge in [0.25, 0.3) is 0 Å². The third kappa shape index (κ3) is 2.85. The average molecular weight is 395 g/mol. The van der Waals surface area contributed by atoms with Crippen LogP contribution < -0.4 is 0 Å². The summed E-state index contributed by atoms with van der Waals surface area (Å²) in [7, 11) is -3.57. The van der Waals surface area contributed by atoms with Gasteiger partial charge in [0.1, 0.15) is 0 Å². The van der Waals surface area contributed by atoms with Gasteiger partial charge in [0, 0.05) is 46.2 Å². The van der Waals surface area contributed by atoms with Crippen LogP contribution in [0.25, 0.3) is 10.9 Å². The molecule has 130 valence electrons. The summed E-state index contributed by atoms with van der Waals surface area (Å²) < 4.78 is 27.6. The van der Waals surface area contributed by atoms with Crippen molar-refractivity contribution in [2.24, 2.45) is 0 Å². The second kappa shape index (κ2) is 6.02. The molecular formula is C18H16Cl2N2O2S. The molecule has 0 atom stereocenters. The molecule has 4 nitrogen and oxygen atoms in total. The van der Waals surface area contributed by atoms with Crippen molar-refractivity contribution in [3.05, 3.63) is 63.3 Å². The summed E-state index contributed by atoms with van der Waals surface area (Å²) >= 11 is 12.1. The van der Waals surface area contributed by atoms with Crippen LogP contribution in [0.1, 0.15) is 16.8 Å². The summed E-state index contributed by atoms with van der Waals surface area (Å²) in [6.45, 7) is 2.58. The molecule has 3 aromatic rings. The Morgan fingerprint density at radius 2 is 1.92 bits per heavy atom. The maximum absolute atomic E-state index is 13.0. The first-order chi connectivity index (χ1) is 11.9. The van der Waals surface area contributed by atoms with Crippen molar-refractivity contribution < 1.29 is 8.42 Å². The smallest absolute Gasteiger partial charge is 0.243 e. The number of rotatable bonds is 2. The molecular weight excluding hydrogens is 379 g/mol. The first kappa shape index (κ1) is 16.9. The molecule has 4 rings (SSSR count). The van der Waals surface area contributed by atoms with E-state index in [-0.39, 0.29) is 4.90 Å². The Hall–Kier alpha value is -1.53. The fourth-order valence-corrected chi connectivity index (χ4v) is 5.08. The van der Waals surface area contributed by atoms with Gasteiger partial charge in [-0.05, 0) is 54.4 Å². The number of hydrogen-bond donors (Lipinski definition) is 1. The molecule has 0 radical (unpaired) electrons. The van der Waals surface area contributed by atoms with Gasteiger partial charge in [-0.25, -0.2) is 8.42 Å². The number of aromatic amines is 1. The maximum Gasteiger partial charge on any atom is 0.243 e. The lowest BCUT2D eigenvalue weighted by Crippen LogP contribution is -2.35. The lowest BCUT2D eigenvalue weighted by Gasteiger charge is -2.26. The van der Waals surface area contributed by atoms with E-state index >= 15 is 0 Å². The molecule has 1 N–H and O–H groups in total. The van der Waals surface area contributed by atoms with Crippen LogP contribution in [0.2, 0.25) is 10.0 Å². The van der Waals surface area contributed by atoms with E-state index < -0.39 is 10.0 Å². The number of benzene rings is 2. The first-order valence-corrected chi connectivity index (χ1v) is 10.1. The predicted molar refractivity (Wildman–Crippen MR) is 101 cm³/mol. The summed E-state index contributed by atoms with van der Waals surface area (Å²) in [5, 5.41) is 2.18. The van der Waals surface area contributed by atoms with E-state index in [9.17, 15) is 8.42 Å². The van der Waals surface area contributed by atoms with Gasteiger partial charge in [0.05, 0.1) is 4.90 Å². The fourth-order valence-electron chi connectivity index (χ4n) is 3.29. The van der Waals surface area contributed by atoms with Crippen molar-refractivity contribution in [2.75, 3.05) is 6.54 Å². The number of fused-ring (bicyclic) bond motifs is 3. The number of H-pyrrole nitrogens is 1. The van der Waals surface area contributed by atoms with Crippen LogP contribution in [-0.4, -0.2) is 24.3 Å². The lowest BCUT2D eigenvalue weighted by atomic mass is 10.1. The Labute approximate surface area is 156 Å². The molecule has 25 heavy (non-hydrogen) atoms. The minimum atomic E-state index is -3.57. The number of aromatic nitrogens is 1. The van der Waals surface area contributed by atoms with Crippen molar-refractivity contribution in [3.8, 4) is 0 Å². The SMILES string of the molecule is Cc1cc(S(=O)(=O)N2CCc3[nH]c4ccc(Cl)cc4c3C2)ccc1Cl. The van der Waals surface area contributed by atoms with Crippen molar-refractivity contribution >= 4 is 44.1 Å². The van der Waals surface area contributed by atoms with E-state index in [0.29, 0.717) is 29.6 Å². The standard InChI is InChI=1S/C18H16Cl2N2O2S/c1-11-8-13(3-4-16(11)20)25(23,24)22-7-6-18-15(10-22)14-9-12(19)2-5-17(14)21-18/h2-5,8-9,21H,6-7,10H2,1H3. The summed E-state index contributed by atoms with van der Waals surface area (Å²) in [6, 6.07) is 10.5. The monoisotopic (exact) mass is 394 g/mol. The maximum atomic E-state index is 13.0. The van der Waals surface area contributed by atoms with E-state index in [1.165, 1.54) is 4.31 Å². The van der Waals surface area contributed by atoms with Crippen molar-refractivity contribution in [2.45, 2.75) is 24.8 Å². The number of sulfonamides is 1. The highest BCUT2D eigenvalue weighted by atomic mass is 35.5. The van der Waals surface area contributed by atoms with E-state index in [1.807, 2.05) is 18.2 Å². The Kier molecular flexibility index (Phi) is 4.07. The van der Waals surface area contributed by atoms with Gasteiger partial charge in [0.15, 0.2) is 0 Å². The zero-order valence-electron chi connectivity index (χ0n) is 13.5. The van der Waals surface area contributed by atoms with Crippen LogP contribution in [0.3, 0.4) is 0 Å². The molecule has 7 heteroatoms. The Morgan fingerprint density at radius 3 is 2.68 bits per heavy atom. The summed E-state index contributed by atoms with van der Waals surface area (Å²) in [5.74, 6) is 0. The van der Waals surface area contributed by atoms with Crippen LogP contribution in [0.5, 0.6) is 0 Å². The quantitative estimate of drug-likeness (QED) is 0.693. The van der Waals surface area contributed by atoms with Crippen LogP contribution in [0, 0.1) is 6.92 Å². The fraction of sp³-hybridized carbons (Fsp3) is 0.222. The molecule has 0 fully saturated rings. The lowest BCUT2D eigenvalue weighted by molar-refractivity contribution is 0.391. The molecule has 0 aliphatic carbocycles. The predicted octanol–water partition coefficient (Wildman–Crippen LogP) is 4.53. The summed E-state index contributed by atoms with van der Waals surface area (Å²) in [6.07, 6.45) is 0.646. The zero-order chi connectivity index (χ0) is 17.8. The van der Waals surface area contributed by atoms with Gasteiger partial charge in [-0.1, -0.05) is 23.2 Å². The zero-order valence-corrected chi connectivity index (χ0v) is 15.8. The van der Waals surface area contributed by atoms with E-state index in [0.717, 1.165) is 27.7 Å². The Morgan fingerprint density at radius 1 is 1.12 bits per heavy atom. The van der Waals surface area contributed by atoms with E-state index in [4.69, 9.17) is 23.2 Å². The molecule has 0 spiro atoms. The highest BCUT2D eigenvalue weighted by Crippen LogP contribution is 2.32. The van der Waals surface area contributed by atoms with Gasteiger partial charge in [-0.15, -0.1) is 0 Å². The second-order valence-corrected chi connectivity index (χ2v) is 9.05. The van der Waals surface area contributed by atoms with Crippen molar-refractivity contribution in [3.63, 3.8) is 0 Å². The Balaban J connectivity index is 1.75. The number of halogens is 2. The average Bonchev–Trinajstić information content (AvgIpc) is 2.94. The minimum absolute atomic E-state index is 0.274. The second-order valence-electron chi connectivity index (χ2n) is 6.27. The van der Waals surface area contributed by atoms with Gasteiger partial charge in [-0.3, -0.25) is 0 Å². The molecule has 0 amide bonds. The van der Waals surface area contributed by atoms with Gasteiger partial charge in [-0.2, -0.15) is 4.31 Å². The molecule has 0 saturated carbocycles. The highest BCUT2D eigenvalue weighted by Gasteiger charge is 2.30. The molecule has 1 aliphatic rings. The third-order valence-corrected chi connectivity index (χ3v) is 7.17. The van der Waals surface area contributed by atoms with Crippen LogP contribution in [0.4, 0.5) is 0 Å². The van der Waals surface area contributed by atoms with Gasteiger partial charge < -0.3 is 4.98 Å². The molecule has 2 heterocycles. The normalized spacial score (nSPS) is 15.5. The molecule has 1 aliphatic heterocycles. The van der Waals surface area contributed by atoms with Gasteiger partial charge >= 0.3 is 0 Å². The van der Waals surface area contributed by atoms with E-state index in [2.05, 4.69) is 4.98 Å². The van der Waals surface area contributed by atoms with Crippen LogP contribution in [-0.2, 0) is 23.0 Å². The van der Waals surface area contributed by atoms with Crippen molar-refractivity contribution in [1.29, 1.82) is 0 Å². The van der Waals surface area contributed by atoms with Crippen LogP contribution in [0.15, 0.2) is 41.3 Å². The molecule has 2 aromatic carbocycles. The topological polar surface area (TPSA) is 53.2 Å². The van der Waals surface area contributed by atoms with Crippen LogP contribution >= 0.6 is 23.2 Å².